The Hall–Kier alpha value is -1.90. The van der Waals surface area contributed by atoms with Gasteiger partial charge in [0.25, 0.3) is 5.91 Å². The van der Waals surface area contributed by atoms with Crippen LogP contribution in [0.1, 0.15) is 49.2 Å². The van der Waals surface area contributed by atoms with E-state index in [-0.39, 0.29) is 12.5 Å². The number of carbonyl (C=O) groups is 2. The molecule has 8 heteroatoms. The van der Waals surface area contributed by atoms with Crippen molar-refractivity contribution >= 4 is 24.5 Å². The number of hydrogen-bond donors (Lipinski definition) is 3. The first-order chi connectivity index (χ1) is 12.0. The zero-order chi connectivity index (χ0) is 19.6. The van der Waals surface area contributed by atoms with Gasteiger partial charge in [-0.05, 0) is 49.3 Å². The van der Waals surface area contributed by atoms with Crippen LogP contribution < -0.4 is 10.8 Å². The van der Waals surface area contributed by atoms with E-state index in [1.807, 2.05) is 0 Å². The summed E-state index contributed by atoms with van der Waals surface area (Å²) in [6, 6.07) is 2.55. The molecule has 0 saturated carbocycles. The highest BCUT2D eigenvalue weighted by molar-refractivity contribution is 6.62. The molecule has 7 nitrogen and oxygen atoms in total. The van der Waals surface area contributed by atoms with Crippen molar-refractivity contribution in [1.29, 1.82) is 0 Å². The summed E-state index contributed by atoms with van der Waals surface area (Å²) < 4.78 is 10.3. The summed E-state index contributed by atoms with van der Waals surface area (Å²) in [6.07, 6.45) is 0. The molecule has 0 fully saturated rings. The van der Waals surface area contributed by atoms with E-state index in [1.165, 1.54) is 13.8 Å². The minimum absolute atomic E-state index is 0.160. The van der Waals surface area contributed by atoms with Gasteiger partial charge < -0.3 is 24.8 Å². The van der Waals surface area contributed by atoms with Crippen molar-refractivity contribution in [2.45, 2.75) is 52.9 Å². The average molecular weight is 363 g/mol. The van der Waals surface area contributed by atoms with Crippen molar-refractivity contribution in [3.8, 4) is 0 Å². The minimum Gasteiger partial charge on any atom is -0.461 e. The first kappa shape index (κ1) is 20.4. The number of esters is 1. The fourth-order valence-electron chi connectivity index (χ4n) is 2.81. The van der Waals surface area contributed by atoms with Gasteiger partial charge in [0.2, 0.25) is 0 Å². The molecule has 0 saturated heterocycles. The molecule has 0 aliphatic carbocycles. The maximum Gasteiger partial charge on any atom is 0.492 e. The third-order valence-corrected chi connectivity index (χ3v) is 4.27. The Kier molecular flexibility index (Phi) is 6.11. The number of aliphatic hydroxyl groups is 1. The summed E-state index contributed by atoms with van der Waals surface area (Å²) in [6.45, 7) is 8.54. The number of hydrogen-bond acceptors (Lipinski definition) is 6. The molecule has 0 bridgehead atoms. The van der Waals surface area contributed by atoms with Gasteiger partial charge in [0.15, 0.2) is 0 Å². The SMILES string of the molecule is Cc1c(C(=O)N[C@H](C(=O)OCC(C)(C)O)C(C)C)ccc2c1B(O)OC2. The minimum atomic E-state index is -1.14. The largest absolute Gasteiger partial charge is 0.492 e. The molecule has 1 heterocycles. The zero-order valence-corrected chi connectivity index (χ0v) is 15.8. The Morgan fingerprint density at radius 3 is 2.62 bits per heavy atom. The lowest BCUT2D eigenvalue weighted by Crippen LogP contribution is -2.47. The molecule has 3 N–H and O–H groups in total. The molecule has 1 aromatic carbocycles. The third kappa shape index (κ3) is 4.63. The molecule has 0 unspecified atom stereocenters. The summed E-state index contributed by atoms with van der Waals surface area (Å²) in [5.74, 6) is -1.22. The predicted molar refractivity (Wildman–Crippen MR) is 96.9 cm³/mol. The van der Waals surface area contributed by atoms with E-state index in [1.54, 1.807) is 32.9 Å². The Morgan fingerprint density at radius 2 is 2.04 bits per heavy atom. The van der Waals surface area contributed by atoms with E-state index in [2.05, 4.69) is 5.32 Å². The van der Waals surface area contributed by atoms with E-state index in [9.17, 15) is 19.7 Å². The maximum absolute atomic E-state index is 12.7. The topological polar surface area (TPSA) is 105 Å². The lowest BCUT2D eigenvalue weighted by Gasteiger charge is -2.24. The number of nitrogens with one attached hydrogen (secondary N) is 1. The standard InChI is InChI=1S/C18H26BNO6/c1-10(2)15(17(22)25-9-18(4,5)23)20-16(21)13-7-6-12-8-26-19(24)14(12)11(13)3/h6-7,10,15,23-24H,8-9H2,1-5H3,(H,20,21)/t15-/m0/s1. The van der Waals surface area contributed by atoms with Gasteiger partial charge in [-0.1, -0.05) is 19.9 Å². The summed E-state index contributed by atoms with van der Waals surface area (Å²) in [5.41, 5.74) is 1.29. The molecule has 1 aromatic rings. The second-order valence-corrected chi connectivity index (χ2v) is 7.59. The fourth-order valence-corrected chi connectivity index (χ4v) is 2.81. The maximum atomic E-state index is 12.7. The molecular formula is C18H26BNO6. The molecule has 0 aromatic heterocycles. The average Bonchev–Trinajstić information content (AvgIpc) is 2.91. The highest BCUT2D eigenvalue weighted by Crippen LogP contribution is 2.17. The molecule has 1 aliphatic heterocycles. The fraction of sp³-hybridized carbons (Fsp3) is 0.556. The highest BCUT2D eigenvalue weighted by Gasteiger charge is 2.33. The van der Waals surface area contributed by atoms with E-state index >= 15 is 0 Å². The van der Waals surface area contributed by atoms with Crippen molar-refractivity contribution in [1.82, 2.24) is 5.32 Å². The van der Waals surface area contributed by atoms with Crippen LogP contribution in [0.3, 0.4) is 0 Å². The van der Waals surface area contributed by atoms with Gasteiger partial charge in [-0.3, -0.25) is 4.79 Å². The van der Waals surface area contributed by atoms with Gasteiger partial charge >= 0.3 is 13.1 Å². The third-order valence-electron chi connectivity index (χ3n) is 4.27. The summed E-state index contributed by atoms with van der Waals surface area (Å²) >= 11 is 0. The Balaban J connectivity index is 2.16. The number of carbonyl (C=O) groups excluding carboxylic acids is 2. The Labute approximate surface area is 153 Å². The Bertz CT molecular complexity index is 698. The van der Waals surface area contributed by atoms with Crippen molar-refractivity contribution in [3.05, 3.63) is 28.8 Å². The predicted octanol–water partition coefficient (Wildman–Crippen LogP) is 0.281. The van der Waals surface area contributed by atoms with Crippen LogP contribution in [0.5, 0.6) is 0 Å². The van der Waals surface area contributed by atoms with Crippen LogP contribution in [0.2, 0.25) is 0 Å². The lowest BCUT2D eigenvalue weighted by atomic mass is 9.75. The number of fused-ring (bicyclic) bond motifs is 1. The first-order valence-electron chi connectivity index (χ1n) is 8.63. The van der Waals surface area contributed by atoms with Gasteiger partial charge in [-0.2, -0.15) is 0 Å². The van der Waals surface area contributed by atoms with E-state index < -0.39 is 30.6 Å². The van der Waals surface area contributed by atoms with Crippen LogP contribution in [0, 0.1) is 12.8 Å². The van der Waals surface area contributed by atoms with Crippen LogP contribution in [0.15, 0.2) is 12.1 Å². The highest BCUT2D eigenvalue weighted by atomic mass is 16.5. The second-order valence-electron chi connectivity index (χ2n) is 7.59. The zero-order valence-electron chi connectivity index (χ0n) is 15.8. The summed E-state index contributed by atoms with van der Waals surface area (Å²) in [4.78, 5) is 25.0. The number of benzene rings is 1. The van der Waals surface area contributed by atoms with Crippen LogP contribution in [-0.2, 0) is 20.8 Å². The summed E-state index contributed by atoms with van der Waals surface area (Å²) in [7, 11) is -1.05. The van der Waals surface area contributed by atoms with Gasteiger partial charge in [-0.15, -0.1) is 0 Å². The molecule has 1 atom stereocenters. The summed E-state index contributed by atoms with van der Waals surface area (Å²) in [5, 5.41) is 22.3. The van der Waals surface area contributed by atoms with Crippen LogP contribution in [0.4, 0.5) is 0 Å². The van der Waals surface area contributed by atoms with Crippen LogP contribution in [0.25, 0.3) is 0 Å². The van der Waals surface area contributed by atoms with Crippen LogP contribution >= 0.6 is 0 Å². The van der Waals surface area contributed by atoms with E-state index in [4.69, 9.17) is 9.39 Å². The number of rotatable bonds is 6. The lowest BCUT2D eigenvalue weighted by molar-refractivity contribution is -0.153. The van der Waals surface area contributed by atoms with Crippen molar-refractivity contribution in [3.63, 3.8) is 0 Å². The van der Waals surface area contributed by atoms with Gasteiger partial charge in [0.05, 0.1) is 12.2 Å². The van der Waals surface area contributed by atoms with Crippen molar-refractivity contribution < 1.29 is 29.1 Å². The molecule has 142 valence electrons. The number of amides is 1. The first-order valence-corrected chi connectivity index (χ1v) is 8.63. The molecule has 0 spiro atoms. The molecule has 1 aliphatic rings. The molecule has 2 rings (SSSR count). The second kappa shape index (κ2) is 7.78. The molecular weight excluding hydrogens is 337 g/mol. The normalized spacial score (nSPS) is 15.0. The van der Waals surface area contributed by atoms with Gasteiger partial charge in [0, 0.05) is 5.56 Å². The molecule has 1 amide bonds. The molecule has 26 heavy (non-hydrogen) atoms. The smallest absolute Gasteiger partial charge is 0.461 e. The van der Waals surface area contributed by atoms with E-state index in [0.717, 1.165) is 5.56 Å². The molecule has 0 radical (unpaired) electrons. The van der Waals surface area contributed by atoms with Crippen molar-refractivity contribution in [2.75, 3.05) is 6.61 Å². The van der Waals surface area contributed by atoms with Crippen LogP contribution in [-0.4, -0.2) is 47.4 Å². The van der Waals surface area contributed by atoms with Crippen molar-refractivity contribution in [2.24, 2.45) is 5.92 Å². The number of ether oxygens (including phenoxy) is 1. The van der Waals surface area contributed by atoms with Gasteiger partial charge in [-0.25, -0.2) is 4.79 Å². The van der Waals surface area contributed by atoms with Gasteiger partial charge in [0.1, 0.15) is 12.6 Å². The Morgan fingerprint density at radius 1 is 1.38 bits per heavy atom. The quantitative estimate of drug-likeness (QED) is 0.495. The van der Waals surface area contributed by atoms with E-state index in [0.29, 0.717) is 23.2 Å². The monoisotopic (exact) mass is 363 g/mol.